The van der Waals surface area contributed by atoms with Gasteiger partial charge in [-0.2, -0.15) is 0 Å². The van der Waals surface area contributed by atoms with Crippen LogP contribution in [-0.4, -0.2) is 0 Å². The third-order valence-electron chi connectivity index (χ3n) is 5.94. The molecule has 4 aromatic rings. The molecule has 0 bridgehead atoms. The molecule has 4 rings (SSSR count). The lowest BCUT2D eigenvalue weighted by molar-refractivity contribution is 0.735. The van der Waals surface area contributed by atoms with Gasteiger partial charge in [-0.3, -0.25) is 0 Å². The van der Waals surface area contributed by atoms with E-state index in [0.29, 0.717) is 5.92 Å². The highest BCUT2D eigenvalue weighted by molar-refractivity contribution is 5.81. The second-order valence-corrected chi connectivity index (χ2v) is 7.87. The minimum absolute atomic E-state index is 0.523. The Balaban J connectivity index is 1.90. The van der Waals surface area contributed by atoms with Crippen LogP contribution in [0.2, 0.25) is 0 Å². The van der Waals surface area contributed by atoms with Crippen molar-refractivity contribution in [2.24, 2.45) is 0 Å². The van der Waals surface area contributed by atoms with Crippen LogP contribution in [0, 0.1) is 6.92 Å². The quantitative estimate of drug-likeness (QED) is 0.327. The molecule has 1 atom stereocenters. The molecule has 1 unspecified atom stereocenters. The van der Waals surface area contributed by atoms with Gasteiger partial charge >= 0.3 is 0 Å². The summed E-state index contributed by atoms with van der Waals surface area (Å²) in [6.07, 6.45) is 1.13. The van der Waals surface area contributed by atoms with Gasteiger partial charge < -0.3 is 0 Å². The Labute approximate surface area is 174 Å². The van der Waals surface area contributed by atoms with Gasteiger partial charge in [-0.25, -0.2) is 0 Å². The Morgan fingerprint density at radius 3 is 1.66 bits per heavy atom. The molecular formula is C29H28. The van der Waals surface area contributed by atoms with Crippen molar-refractivity contribution in [2.75, 3.05) is 0 Å². The van der Waals surface area contributed by atoms with Crippen LogP contribution < -0.4 is 0 Å². The molecule has 0 aliphatic carbocycles. The van der Waals surface area contributed by atoms with Crippen LogP contribution in [-0.2, 0) is 0 Å². The van der Waals surface area contributed by atoms with Crippen molar-refractivity contribution in [1.29, 1.82) is 0 Å². The molecule has 0 saturated carbocycles. The highest BCUT2D eigenvalue weighted by Crippen LogP contribution is 2.37. The predicted molar refractivity (Wildman–Crippen MR) is 126 cm³/mol. The van der Waals surface area contributed by atoms with Gasteiger partial charge in [-0.1, -0.05) is 98.8 Å². The molecule has 0 heteroatoms. The lowest BCUT2D eigenvalue weighted by atomic mass is 9.85. The van der Waals surface area contributed by atoms with Crippen molar-refractivity contribution in [3.63, 3.8) is 0 Å². The summed E-state index contributed by atoms with van der Waals surface area (Å²) in [7, 11) is 0. The first-order chi connectivity index (χ1) is 14.2. The van der Waals surface area contributed by atoms with Crippen LogP contribution in [0.4, 0.5) is 0 Å². The first-order valence-corrected chi connectivity index (χ1v) is 10.5. The monoisotopic (exact) mass is 376 g/mol. The van der Waals surface area contributed by atoms with Crippen molar-refractivity contribution in [3.05, 3.63) is 108 Å². The largest absolute Gasteiger partial charge is 0.0648 e. The number of rotatable bonds is 5. The summed E-state index contributed by atoms with van der Waals surface area (Å²) < 4.78 is 0. The summed E-state index contributed by atoms with van der Waals surface area (Å²) in [6.45, 7) is 6.82. The molecule has 0 saturated heterocycles. The van der Waals surface area contributed by atoms with E-state index >= 15 is 0 Å². The number of aryl methyl sites for hydroxylation is 1. The van der Waals surface area contributed by atoms with Gasteiger partial charge in [-0.15, -0.1) is 0 Å². The van der Waals surface area contributed by atoms with Gasteiger partial charge in [0.15, 0.2) is 0 Å². The molecule has 29 heavy (non-hydrogen) atoms. The van der Waals surface area contributed by atoms with E-state index in [0.717, 1.165) is 6.42 Å². The molecule has 0 aliphatic heterocycles. The Hall–Kier alpha value is -3.12. The summed E-state index contributed by atoms with van der Waals surface area (Å²) in [4.78, 5) is 0. The summed E-state index contributed by atoms with van der Waals surface area (Å²) in [5.74, 6) is 0.523. The van der Waals surface area contributed by atoms with Crippen LogP contribution in [0.25, 0.3) is 33.4 Å². The van der Waals surface area contributed by atoms with Gasteiger partial charge in [0.1, 0.15) is 0 Å². The molecule has 144 valence electrons. The van der Waals surface area contributed by atoms with Crippen molar-refractivity contribution in [3.8, 4) is 33.4 Å². The maximum atomic E-state index is 2.38. The van der Waals surface area contributed by atoms with Crippen LogP contribution in [0.5, 0.6) is 0 Å². The van der Waals surface area contributed by atoms with Crippen LogP contribution >= 0.6 is 0 Å². The maximum absolute atomic E-state index is 2.38. The second kappa shape index (κ2) is 8.49. The van der Waals surface area contributed by atoms with E-state index < -0.39 is 0 Å². The van der Waals surface area contributed by atoms with E-state index in [-0.39, 0.29) is 0 Å². The minimum Gasteiger partial charge on any atom is -0.0648 e. The lowest BCUT2D eigenvalue weighted by Crippen LogP contribution is -1.98. The van der Waals surface area contributed by atoms with Crippen LogP contribution in [0.1, 0.15) is 37.3 Å². The highest BCUT2D eigenvalue weighted by atomic mass is 14.2. The van der Waals surface area contributed by atoms with Crippen LogP contribution in [0.15, 0.2) is 97.1 Å². The SMILES string of the molecule is CCC(C)c1ccc(-c2ccccc2)cc1-c1cc(-c2ccccc2)ccc1C. The normalized spacial score (nSPS) is 12.0. The number of hydrogen-bond acceptors (Lipinski definition) is 0. The fourth-order valence-electron chi connectivity index (χ4n) is 3.97. The van der Waals surface area contributed by atoms with E-state index in [1.807, 2.05) is 0 Å². The van der Waals surface area contributed by atoms with Crippen molar-refractivity contribution in [2.45, 2.75) is 33.1 Å². The van der Waals surface area contributed by atoms with E-state index in [4.69, 9.17) is 0 Å². The molecule has 0 spiro atoms. The fraction of sp³-hybridized carbons (Fsp3) is 0.172. The van der Waals surface area contributed by atoms with Crippen LogP contribution in [0.3, 0.4) is 0 Å². The first kappa shape index (κ1) is 19.2. The van der Waals surface area contributed by atoms with Gasteiger partial charge in [0, 0.05) is 0 Å². The molecule has 0 amide bonds. The predicted octanol–water partition coefficient (Wildman–Crippen LogP) is 8.51. The minimum atomic E-state index is 0.523. The molecule has 0 nitrogen and oxygen atoms in total. The maximum Gasteiger partial charge on any atom is -0.0140 e. The van der Waals surface area contributed by atoms with E-state index in [1.54, 1.807) is 0 Å². The first-order valence-electron chi connectivity index (χ1n) is 10.5. The number of hydrogen-bond donors (Lipinski definition) is 0. The smallest absolute Gasteiger partial charge is 0.0140 e. The molecular weight excluding hydrogens is 348 g/mol. The zero-order valence-electron chi connectivity index (χ0n) is 17.5. The van der Waals surface area contributed by atoms with Gasteiger partial charge in [0.2, 0.25) is 0 Å². The van der Waals surface area contributed by atoms with Gasteiger partial charge in [0.25, 0.3) is 0 Å². The van der Waals surface area contributed by atoms with E-state index in [2.05, 4.69) is 118 Å². The zero-order chi connectivity index (χ0) is 20.2. The second-order valence-electron chi connectivity index (χ2n) is 7.87. The van der Waals surface area contributed by atoms with E-state index in [1.165, 1.54) is 44.5 Å². The highest BCUT2D eigenvalue weighted by Gasteiger charge is 2.15. The number of benzene rings is 4. The average molecular weight is 377 g/mol. The van der Waals surface area contributed by atoms with Crippen molar-refractivity contribution < 1.29 is 0 Å². The molecule has 0 aromatic heterocycles. The zero-order valence-corrected chi connectivity index (χ0v) is 17.5. The Kier molecular flexibility index (Phi) is 5.62. The fourth-order valence-corrected chi connectivity index (χ4v) is 3.97. The summed E-state index contributed by atoms with van der Waals surface area (Å²) in [5.41, 5.74) is 10.5. The molecule has 0 aliphatic rings. The Bertz CT molecular complexity index is 1090. The molecule has 0 heterocycles. The Morgan fingerprint density at radius 2 is 1.10 bits per heavy atom. The Morgan fingerprint density at radius 1 is 0.586 bits per heavy atom. The standard InChI is InChI=1S/C29H28/c1-4-21(2)27-18-17-26(24-13-9-6-10-14-24)20-29(27)28-19-25(16-15-22(28)3)23-11-7-5-8-12-23/h5-21H,4H2,1-3H3. The van der Waals surface area contributed by atoms with Crippen molar-refractivity contribution in [1.82, 2.24) is 0 Å². The molecule has 4 aromatic carbocycles. The topological polar surface area (TPSA) is 0 Å². The van der Waals surface area contributed by atoms with Gasteiger partial charge in [-0.05, 0) is 75.9 Å². The third-order valence-corrected chi connectivity index (χ3v) is 5.94. The van der Waals surface area contributed by atoms with Crippen molar-refractivity contribution >= 4 is 0 Å². The molecule has 0 fully saturated rings. The lowest BCUT2D eigenvalue weighted by Gasteiger charge is -2.19. The molecule has 0 N–H and O–H groups in total. The summed E-state index contributed by atoms with van der Waals surface area (Å²) >= 11 is 0. The van der Waals surface area contributed by atoms with E-state index in [9.17, 15) is 0 Å². The third kappa shape index (κ3) is 4.03. The summed E-state index contributed by atoms with van der Waals surface area (Å²) in [6, 6.07) is 35.2. The summed E-state index contributed by atoms with van der Waals surface area (Å²) in [5, 5.41) is 0. The molecule has 0 radical (unpaired) electrons. The van der Waals surface area contributed by atoms with Gasteiger partial charge in [0.05, 0.1) is 0 Å². The average Bonchev–Trinajstić information content (AvgIpc) is 2.79.